The first-order valence-corrected chi connectivity index (χ1v) is 7.08. The highest BCUT2D eigenvalue weighted by Gasteiger charge is 2.32. The summed E-state index contributed by atoms with van der Waals surface area (Å²) in [6, 6.07) is 0. The Kier molecular flexibility index (Phi) is 5.51. The number of hydrogen-bond donors (Lipinski definition) is 0. The fraction of sp³-hybridized carbons (Fsp3) is 0.933. The molecule has 0 aromatic rings. The molecule has 1 aliphatic rings. The zero-order chi connectivity index (χ0) is 12.1. The summed E-state index contributed by atoms with van der Waals surface area (Å²) in [5, 5.41) is 0. The molecular weight excluding hydrogens is 196 g/mol. The zero-order valence-corrected chi connectivity index (χ0v) is 11.5. The van der Waals surface area contributed by atoms with Crippen LogP contribution in [-0.2, 0) is 4.79 Å². The lowest BCUT2D eigenvalue weighted by atomic mass is 9.69. The molecule has 1 saturated carbocycles. The smallest absolute Gasteiger partial charge is 0.133 e. The van der Waals surface area contributed by atoms with Gasteiger partial charge in [0.2, 0.25) is 0 Å². The van der Waals surface area contributed by atoms with Crippen LogP contribution in [0.15, 0.2) is 0 Å². The van der Waals surface area contributed by atoms with E-state index in [0.717, 1.165) is 18.3 Å². The molecule has 0 N–H and O–H groups in total. The highest BCUT2D eigenvalue weighted by Crippen LogP contribution is 2.38. The van der Waals surface area contributed by atoms with E-state index in [1.807, 2.05) is 0 Å². The minimum absolute atomic E-state index is 0.372. The molecule has 0 aliphatic heterocycles. The van der Waals surface area contributed by atoms with Crippen molar-refractivity contribution in [3.63, 3.8) is 0 Å². The van der Waals surface area contributed by atoms with E-state index in [2.05, 4.69) is 20.8 Å². The van der Waals surface area contributed by atoms with Crippen LogP contribution < -0.4 is 0 Å². The first-order chi connectivity index (χ1) is 7.58. The molecule has 0 spiro atoms. The molecule has 0 unspecified atom stereocenters. The first kappa shape index (κ1) is 13.7. The standard InChI is InChI=1S/C15H28O/c1-5-13(6-2)10-14-9-11(3)7-8-15(14)12(4)16/h11,13-15H,5-10H2,1-4H3/t11-,14+,15+/m1/s1. The van der Waals surface area contributed by atoms with Crippen molar-refractivity contribution in [1.82, 2.24) is 0 Å². The second-order valence-corrected chi connectivity index (χ2v) is 5.81. The summed E-state index contributed by atoms with van der Waals surface area (Å²) in [4.78, 5) is 11.7. The van der Waals surface area contributed by atoms with Gasteiger partial charge in [-0.05, 0) is 43.9 Å². The van der Waals surface area contributed by atoms with Crippen molar-refractivity contribution in [1.29, 1.82) is 0 Å². The predicted molar refractivity (Wildman–Crippen MR) is 69.4 cm³/mol. The van der Waals surface area contributed by atoms with Crippen LogP contribution in [0.2, 0.25) is 0 Å². The Bertz CT molecular complexity index is 217. The molecule has 0 bridgehead atoms. The predicted octanol–water partition coefficient (Wildman–Crippen LogP) is 4.45. The molecule has 1 nitrogen and oxygen atoms in total. The van der Waals surface area contributed by atoms with Crippen molar-refractivity contribution in [3.05, 3.63) is 0 Å². The molecule has 0 amide bonds. The quantitative estimate of drug-likeness (QED) is 0.674. The van der Waals surface area contributed by atoms with Gasteiger partial charge in [0, 0.05) is 5.92 Å². The fourth-order valence-electron chi connectivity index (χ4n) is 3.34. The van der Waals surface area contributed by atoms with Gasteiger partial charge in [-0.2, -0.15) is 0 Å². The van der Waals surface area contributed by atoms with E-state index < -0.39 is 0 Å². The van der Waals surface area contributed by atoms with Crippen molar-refractivity contribution < 1.29 is 4.79 Å². The fourth-order valence-corrected chi connectivity index (χ4v) is 3.34. The lowest BCUT2D eigenvalue weighted by Crippen LogP contribution is -2.30. The van der Waals surface area contributed by atoms with Gasteiger partial charge in [0.1, 0.15) is 5.78 Å². The lowest BCUT2D eigenvalue weighted by Gasteiger charge is -2.35. The van der Waals surface area contributed by atoms with Crippen LogP contribution in [0.3, 0.4) is 0 Å². The SMILES string of the molecule is CCC(CC)C[C@@H]1C[C@H](C)CC[C@H]1C(C)=O. The van der Waals surface area contributed by atoms with Crippen molar-refractivity contribution in [2.75, 3.05) is 0 Å². The third-order valence-electron chi connectivity index (χ3n) is 4.56. The van der Waals surface area contributed by atoms with Crippen LogP contribution in [0.25, 0.3) is 0 Å². The van der Waals surface area contributed by atoms with E-state index >= 15 is 0 Å². The first-order valence-electron chi connectivity index (χ1n) is 7.08. The maximum Gasteiger partial charge on any atom is 0.133 e. The molecule has 3 atom stereocenters. The van der Waals surface area contributed by atoms with Crippen LogP contribution in [0.4, 0.5) is 0 Å². The van der Waals surface area contributed by atoms with Gasteiger partial charge in [-0.1, -0.05) is 40.0 Å². The number of carbonyl (C=O) groups excluding carboxylic acids is 1. The Balaban J connectivity index is 2.60. The van der Waals surface area contributed by atoms with Crippen LogP contribution in [0, 0.1) is 23.7 Å². The molecule has 1 heteroatoms. The Hall–Kier alpha value is -0.330. The molecule has 1 fully saturated rings. The van der Waals surface area contributed by atoms with Gasteiger partial charge in [0.05, 0.1) is 0 Å². The average Bonchev–Trinajstić information content (AvgIpc) is 2.25. The third-order valence-corrected chi connectivity index (χ3v) is 4.56. The number of hydrogen-bond acceptors (Lipinski definition) is 1. The normalized spacial score (nSPS) is 30.7. The topological polar surface area (TPSA) is 17.1 Å². The number of rotatable bonds is 5. The van der Waals surface area contributed by atoms with Crippen LogP contribution >= 0.6 is 0 Å². The molecule has 0 saturated heterocycles. The highest BCUT2D eigenvalue weighted by molar-refractivity contribution is 5.78. The molecule has 94 valence electrons. The summed E-state index contributed by atoms with van der Waals surface area (Å²) < 4.78 is 0. The lowest BCUT2D eigenvalue weighted by molar-refractivity contribution is -0.124. The van der Waals surface area contributed by atoms with Gasteiger partial charge in [-0.3, -0.25) is 4.79 Å². The second-order valence-electron chi connectivity index (χ2n) is 5.81. The number of ketones is 1. The summed E-state index contributed by atoms with van der Waals surface area (Å²) in [6.07, 6.45) is 7.49. The van der Waals surface area contributed by atoms with Crippen LogP contribution in [0.1, 0.15) is 66.2 Å². The Morgan fingerprint density at radius 1 is 1.25 bits per heavy atom. The molecule has 1 rings (SSSR count). The van der Waals surface area contributed by atoms with Crippen molar-refractivity contribution in [2.45, 2.75) is 66.2 Å². The molecule has 0 aromatic heterocycles. The largest absolute Gasteiger partial charge is 0.300 e. The van der Waals surface area contributed by atoms with Gasteiger partial charge in [0.15, 0.2) is 0 Å². The summed E-state index contributed by atoms with van der Waals surface area (Å²) in [5.74, 6) is 3.14. The summed E-state index contributed by atoms with van der Waals surface area (Å²) in [7, 11) is 0. The third kappa shape index (κ3) is 3.61. The molecule has 0 radical (unpaired) electrons. The van der Waals surface area contributed by atoms with E-state index in [1.165, 1.54) is 32.1 Å². The van der Waals surface area contributed by atoms with E-state index in [-0.39, 0.29) is 0 Å². The average molecular weight is 224 g/mol. The van der Waals surface area contributed by atoms with Gasteiger partial charge in [-0.15, -0.1) is 0 Å². The van der Waals surface area contributed by atoms with Crippen molar-refractivity contribution in [2.24, 2.45) is 23.7 Å². The summed E-state index contributed by atoms with van der Waals surface area (Å²) >= 11 is 0. The van der Waals surface area contributed by atoms with E-state index in [4.69, 9.17) is 0 Å². The van der Waals surface area contributed by atoms with Gasteiger partial charge in [0.25, 0.3) is 0 Å². The Labute approximate surface area is 101 Å². The summed E-state index contributed by atoms with van der Waals surface area (Å²) in [5.41, 5.74) is 0. The minimum Gasteiger partial charge on any atom is -0.300 e. The van der Waals surface area contributed by atoms with Crippen molar-refractivity contribution >= 4 is 5.78 Å². The highest BCUT2D eigenvalue weighted by atomic mass is 16.1. The Morgan fingerprint density at radius 3 is 2.38 bits per heavy atom. The molecular formula is C15H28O. The van der Waals surface area contributed by atoms with Gasteiger partial charge in [-0.25, -0.2) is 0 Å². The zero-order valence-electron chi connectivity index (χ0n) is 11.5. The van der Waals surface area contributed by atoms with Gasteiger partial charge >= 0.3 is 0 Å². The van der Waals surface area contributed by atoms with Crippen LogP contribution in [-0.4, -0.2) is 5.78 Å². The molecule has 16 heavy (non-hydrogen) atoms. The molecule has 1 aliphatic carbocycles. The minimum atomic E-state index is 0.372. The van der Waals surface area contributed by atoms with E-state index in [0.29, 0.717) is 17.6 Å². The summed E-state index contributed by atoms with van der Waals surface area (Å²) in [6.45, 7) is 8.70. The number of Topliss-reactive ketones (excluding diaryl/α,β-unsaturated/α-hetero) is 1. The van der Waals surface area contributed by atoms with E-state index in [1.54, 1.807) is 6.92 Å². The Morgan fingerprint density at radius 2 is 1.88 bits per heavy atom. The molecule has 0 aromatic carbocycles. The second kappa shape index (κ2) is 6.42. The maximum absolute atomic E-state index is 11.7. The maximum atomic E-state index is 11.7. The van der Waals surface area contributed by atoms with Crippen molar-refractivity contribution in [3.8, 4) is 0 Å². The number of carbonyl (C=O) groups is 1. The molecule has 0 heterocycles. The van der Waals surface area contributed by atoms with E-state index in [9.17, 15) is 4.79 Å². The van der Waals surface area contributed by atoms with Crippen LogP contribution in [0.5, 0.6) is 0 Å². The van der Waals surface area contributed by atoms with Gasteiger partial charge < -0.3 is 0 Å². The monoisotopic (exact) mass is 224 g/mol.